The predicted molar refractivity (Wildman–Crippen MR) is 103 cm³/mol. The quantitative estimate of drug-likeness (QED) is 0.441. The van der Waals surface area contributed by atoms with Crippen LogP contribution >= 0.6 is 35.6 Å². The van der Waals surface area contributed by atoms with Gasteiger partial charge in [0.05, 0.1) is 17.0 Å². The van der Waals surface area contributed by atoms with Crippen LogP contribution in [0.15, 0.2) is 17.0 Å². The maximum absolute atomic E-state index is 12.7. The molecule has 11 heteroatoms. The molecule has 0 spiro atoms. The highest BCUT2D eigenvalue weighted by Crippen LogP contribution is 2.38. The molecule has 2 rings (SSSR count). The Morgan fingerprint density at radius 2 is 2.07 bits per heavy atom. The number of methoxy groups -OCH3 is 1. The minimum absolute atomic E-state index is 0.00547. The first-order valence-electron chi connectivity index (χ1n) is 7.43. The van der Waals surface area contributed by atoms with Gasteiger partial charge in [0.2, 0.25) is 0 Å². The number of halogens is 1. The second-order valence-electron chi connectivity index (χ2n) is 5.38. The predicted octanol–water partition coefficient (Wildman–Crippen LogP) is 2.57. The number of amides is 1. The molecule has 1 aromatic rings. The van der Waals surface area contributed by atoms with Gasteiger partial charge in [0, 0.05) is 12.5 Å². The number of benzene rings is 1. The van der Waals surface area contributed by atoms with Crippen LogP contribution < -0.4 is 4.74 Å². The molecule has 1 saturated heterocycles. The van der Waals surface area contributed by atoms with E-state index in [1.54, 1.807) is 0 Å². The molecule has 1 atom stereocenters. The van der Waals surface area contributed by atoms with Crippen molar-refractivity contribution in [1.29, 1.82) is 0 Å². The first-order chi connectivity index (χ1) is 12.6. The monoisotopic (exact) mass is 431 g/mol. The number of aliphatic carboxylic acids is 2. The van der Waals surface area contributed by atoms with Crippen molar-refractivity contribution < 1.29 is 34.4 Å². The molecule has 1 fully saturated rings. The Morgan fingerprint density at radius 3 is 2.63 bits per heavy atom. The molecule has 0 unspecified atom stereocenters. The van der Waals surface area contributed by atoms with Crippen LogP contribution in [0.2, 0.25) is 5.02 Å². The van der Waals surface area contributed by atoms with E-state index in [2.05, 4.69) is 0 Å². The van der Waals surface area contributed by atoms with Gasteiger partial charge in [-0.05, 0) is 24.1 Å². The van der Waals surface area contributed by atoms with E-state index < -0.39 is 30.3 Å². The minimum Gasteiger partial charge on any atom is -0.504 e. The number of carboxylic acid groups (broad SMARTS) is 2. The molecular formula is C16H14ClNO7S2. The normalized spacial score (nSPS) is 16.7. The molecule has 0 saturated carbocycles. The van der Waals surface area contributed by atoms with Crippen LogP contribution in [0.5, 0.6) is 11.5 Å². The van der Waals surface area contributed by atoms with Gasteiger partial charge in [0.25, 0.3) is 5.91 Å². The van der Waals surface area contributed by atoms with E-state index >= 15 is 0 Å². The number of ether oxygens (including phenoxy) is 1. The van der Waals surface area contributed by atoms with Crippen LogP contribution in [0, 0.1) is 0 Å². The van der Waals surface area contributed by atoms with E-state index in [9.17, 15) is 24.6 Å². The standard InChI is InChI=1S/C16H14ClNO7S2/c1-25-11-4-7(8(17)6-10(11)19)5-12-14(22)18(16(26)27-12)9(15(23)24)2-3-13(20)21/h4-6,9,19H,2-3H2,1H3,(H,20,21)(H,23,24)/b12-5-/t9-/m1/s1. The van der Waals surface area contributed by atoms with E-state index in [0.717, 1.165) is 16.7 Å². The van der Waals surface area contributed by atoms with Gasteiger partial charge in [-0.15, -0.1) is 0 Å². The summed E-state index contributed by atoms with van der Waals surface area (Å²) in [6, 6.07) is 1.28. The molecule has 8 nitrogen and oxygen atoms in total. The van der Waals surface area contributed by atoms with Gasteiger partial charge in [-0.1, -0.05) is 35.6 Å². The minimum atomic E-state index is -1.38. The van der Waals surface area contributed by atoms with Crippen LogP contribution in [0.4, 0.5) is 0 Å². The molecule has 0 bridgehead atoms. The number of carbonyl (C=O) groups excluding carboxylic acids is 1. The highest BCUT2D eigenvalue weighted by molar-refractivity contribution is 8.26. The Kier molecular flexibility index (Phi) is 6.68. The Hall–Kier alpha value is -2.30. The van der Waals surface area contributed by atoms with Gasteiger partial charge in [-0.2, -0.15) is 0 Å². The fourth-order valence-electron chi connectivity index (χ4n) is 2.35. The van der Waals surface area contributed by atoms with E-state index in [4.69, 9.17) is 33.7 Å². The summed E-state index contributed by atoms with van der Waals surface area (Å²) in [5, 5.41) is 28.0. The number of hydrogen-bond acceptors (Lipinski definition) is 7. The summed E-state index contributed by atoms with van der Waals surface area (Å²) in [6.45, 7) is 0. The molecule has 0 aromatic heterocycles. The lowest BCUT2D eigenvalue weighted by Gasteiger charge is -2.22. The number of carbonyl (C=O) groups is 3. The smallest absolute Gasteiger partial charge is 0.326 e. The third-order valence-electron chi connectivity index (χ3n) is 3.64. The van der Waals surface area contributed by atoms with Crippen molar-refractivity contribution in [3.05, 3.63) is 27.6 Å². The molecule has 27 heavy (non-hydrogen) atoms. The second kappa shape index (κ2) is 8.59. The molecule has 1 aromatic carbocycles. The zero-order chi connectivity index (χ0) is 20.3. The highest BCUT2D eigenvalue weighted by Gasteiger charge is 2.40. The van der Waals surface area contributed by atoms with Crippen molar-refractivity contribution in [3.63, 3.8) is 0 Å². The molecule has 144 valence electrons. The van der Waals surface area contributed by atoms with Crippen molar-refractivity contribution in [2.45, 2.75) is 18.9 Å². The summed E-state index contributed by atoms with van der Waals surface area (Å²) in [5.74, 6) is -3.22. The van der Waals surface area contributed by atoms with Crippen LogP contribution in [-0.4, -0.2) is 55.5 Å². The molecule has 1 aliphatic heterocycles. The summed E-state index contributed by atoms with van der Waals surface area (Å²) in [5.41, 5.74) is 0.365. The molecule has 0 aliphatic carbocycles. The number of rotatable bonds is 7. The lowest BCUT2D eigenvalue weighted by Crippen LogP contribution is -2.44. The largest absolute Gasteiger partial charge is 0.504 e. The molecule has 0 radical (unpaired) electrons. The number of aromatic hydroxyl groups is 1. The zero-order valence-corrected chi connectivity index (χ0v) is 16.2. The fourth-order valence-corrected chi connectivity index (χ4v) is 3.91. The van der Waals surface area contributed by atoms with E-state index in [0.29, 0.717) is 5.56 Å². The van der Waals surface area contributed by atoms with Crippen molar-refractivity contribution >= 4 is 63.8 Å². The average Bonchev–Trinajstić information content (AvgIpc) is 2.84. The van der Waals surface area contributed by atoms with Crippen molar-refractivity contribution in [2.24, 2.45) is 0 Å². The Morgan fingerprint density at radius 1 is 1.41 bits per heavy atom. The van der Waals surface area contributed by atoms with E-state index in [-0.39, 0.29) is 32.2 Å². The third-order valence-corrected chi connectivity index (χ3v) is 5.29. The molecular weight excluding hydrogens is 418 g/mol. The lowest BCUT2D eigenvalue weighted by atomic mass is 10.1. The summed E-state index contributed by atoms with van der Waals surface area (Å²) >= 11 is 12.1. The maximum Gasteiger partial charge on any atom is 0.326 e. The van der Waals surface area contributed by atoms with Gasteiger partial charge in [0.15, 0.2) is 11.5 Å². The lowest BCUT2D eigenvalue weighted by molar-refractivity contribution is -0.146. The Bertz CT molecular complexity index is 855. The van der Waals surface area contributed by atoms with Crippen molar-refractivity contribution in [2.75, 3.05) is 7.11 Å². The summed E-state index contributed by atoms with van der Waals surface area (Å²) in [7, 11) is 1.35. The maximum atomic E-state index is 12.7. The van der Waals surface area contributed by atoms with E-state index in [1.165, 1.54) is 25.3 Å². The van der Waals surface area contributed by atoms with Crippen LogP contribution in [-0.2, 0) is 14.4 Å². The summed E-state index contributed by atoms with van der Waals surface area (Å²) < 4.78 is 5.00. The summed E-state index contributed by atoms with van der Waals surface area (Å²) in [4.78, 5) is 35.9. The van der Waals surface area contributed by atoms with Gasteiger partial charge in [0.1, 0.15) is 10.4 Å². The highest BCUT2D eigenvalue weighted by atomic mass is 35.5. The van der Waals surface area contributed by atoms with Crippen LogP contribution in [0.3, 0.4) is 0 Å². The Balaban J connectivity index is 2.35. The fraction of sp³-hybridized carbons (Fsp3) is 0.250. The number of thioether (sulfide) groups is 1. The van der Waals surface area contributed by atoms with Gasteiger partial charge >= 0.3 is 11.9 Å². The topological polar surface area (TPSA) is 124 Å². The second-order valence-corrected chi connectivity index (χ2v) is 7.47. The van der Waals surface area contributed by atoms with Gasteiger partial charge in [-0.3, -0.25) is 14.5 Å². The van der Waals surface area contributed by atoms with E-state index in [1.807, 2.05) is 0 Å². The van der Waals surface area contributed by atoms with Crippen LogP contribution in [0.25, 0.3) is 6.08 Å². The Labute approximate surface area is 168 Å². The van der Waals surface area contributed by atoms with Crippen LogP contribution in [0.1, 0.15) is 18.4 Å². The van der Waals surface area contributed by atoms with Gasteiger partial charge < -0.3 is 20.1 Å². The molecule has 1 amide bonds. The molecule has 3 N–H and O–H groups in total. The number of thiocarbonyl (C=S) groups is 1. The van der Waals surface area contributed by atoms with Crippen molar-refractivity contribution in [3.8, 4) is 11.5 Å². The van der Waals surface area contributed by atoms with Crippen molar-refractivity contribution in [1.82, 2.24) is 4.90 Å². The molecule has 1 aliphatic rings. The number of phenolic OH excluding ortho intramolecular Hbond substituents is 1. The van der Waals surface area contributed by atoms with Gasteiger partial charge in [-0.25, -0.2) is 4.79 Å². The number of phenols is 1. The first-order valence-corrected chi connectivity index (χ1v) is 9.04. The number of carboxylic acids is 2. The number of nitrogens with zero attached hydrogens (tertiary/aromatic N) is 1. The third kappa shape index (κ3) is 4.71. The average molecular weight is 432 g/mol. The SMILES string of the molecule is COc1cc(/C=C2\SC(=S)N([C@H](CCC(=O)O)C(=O)O)C2=O)c(Cl)cc1O. The number of hydrogen-bond donors (Lipinski definition) is 3. The molecule has 1 heterocycles. The summed E-state index contributed by atoms with van der Waals surface area (Å²) in [6.07, 6.45) is 0.700. The zero-order valence-electron chi connectivity index (χ0n) is 13.8. The first kappa shape index (κ1) is 21.0.